The van der Waals surface area contributed by atoms with Gasteiger partial charge >= 0.3 is 0 Å². The van der Waals surface area contributed by atoms with Gasteiger partial charge in [0.05, 0.1) is 23.3 Å². The number of methoxy groups -OCH3 is 1. The Kier molecular flexibility index (Phi) is 4.19. The molecule has 0 saturated heterocycles. The van der Waals surface area contributed by atoms with Crippen LogP contribution in [0.3, 0.4) is 0 Å². The van der Waals surface area contributed by atoms with Gasteiger partial charge in [0.25, 0.3) is 15.9 Å². The summed E-state index contributed by atoms with van der Waals surface area (Å²) < 4.78 is 32.6. The molecule has 0 unspecified atom stereocenters. The van der Waals surface area contributed by atoms with Crippen molar-refractivity contribution in [1.29, 1.82) is 0 Å². The molecule has 0 spiro atoms. The van der Waals surface area contributed by atoms with Crippen LogP contribution < -0.4 is 14.4 Å². The Bertz CT molecular complexity index is 893. The third-order valence-corrected chi connectivity index (χ3v) is 5.88. The van der Waals surface area contributed by atoms with Crippen molar-refractivity contribution >= 4 is 21.6 Å². The molecule has 1 N–H and O–H groups in total. The highest BCUT2D eigenvalue weighted by molar-refractivity contribution is 7.92. The van der Waals surface area contributed by atoms with Gasteiger partial charge in [0.2, 0.25) is 0 Å². The van der Waals surface area contributed by atoms with Crippen molar-refractivity contribution in [3.8, 4) is 5.75 Å². The maximum Gasteiger partial charge on any atom is 0.264 e. The monoisotopic (exact) mass is 346 g/mol. The van der Waals surface area contributed by atoms with Crippen LogP contribution in [0.1, 0.15) is 15.9 Å². The SMILES string of the molecule is CNC(=O)c1cc(S(=O)(=O)N2CCc3ccccc32)ccc1OC. The van der Waals surface area contributed by atoms with E-state index >= 15 is 0 Å². The van der Waals surface area contributed by atoms with E-state index in [-0.39, 0.29) is 10.5 Å². The summed E-state index contributed by atoms with van der Waals surface area (Å²) in [5, 5.41) is 2.49. The van der Waals surface area contributed by atoms with Crippen LogP contribution in [0.2, 0.25) is 0 Å². The van der Waals surface area contributed by atoms with Crippen molar-refractivity contribution < 1.29 is 17.9 Å². The zero-order valence-corrected chi connectivity index (χ0v) is 14.3. The number of nitrogens with zero attached hydrogens (tertiary/aromatic N) is 1. The smallest absolute Gasteiger partial charge is 0.264 e. The summed E-state index contributed by atoms with van der Waals surface area (Å²) in [6.45, 7) is 0.392. The van der Waals surface area contributed by atoms with E-state index in [1.54, 1.807) is 6.07 Å². The van der Waals surface area contributed by atoms with Crippen LogP contribution in [0.15, 0.2) is 47.4 Å². The Morgan fingerprint density at radius 2 is 1.96 bits per heavy atom. The van der Waals surface area contributed by atoms with Gasteiger partial charge in [-0.1, -0.05) is 18.2 Å². The van der Waals surface area contributed by atoms with Gasteiger partial charge < -0.3 is 10.1 Å². The molecule has 0 atom stereocenters. The number of anilines is 1. The van der Waals surface area contributed by atoms with Gasteiger partial charge in [-0.05, 0) is 36.2 Å². The number of para-hydroxylation sites is 1. The van der Waals surface area contributed by atoms with Crippen molar-refractivity contribution in [3.05, 3.63) is 53.6 Å². The first-order valence-corrected chi connectivity index (χ1v) is 8.94. The summed E-state index contributed by atoms with van der Waals surface area (Å²) in [5.41, 5.74) is 1.88. The highest BCUT2D eigenvalue weighted by Crippen LogP contribution is 2.33. The second-order valence-electron chi connectivity index (χ2n) is 5.40. The van der Waals surface area contributed by atoms with E-state index < -0.39 is 15.9 Å². The van der Waals surface area contributed by atoms with Crippen molar-refractivity contribution in [2.75, 3.05) is 25.0 Å². The second kappa shape index (κ2) is 6.16. The molecule has 1 aliphatic rings. The van der Waals surface area contributed by atoms with Crippen molar-refractivity contribution in [2.24, 2.45) is 0 Å². The summed E-state index contributed by atoms with van der Waals surface area (Å²) in [4.78, 5) is 12.1. The summed E-state index contributed by atoms with van der Waals surface area (Å²) in [7, 11) is -0.821. The van der Waals surface area contributed by atoms with Gasteiger partial charge in [-0.25, -0.2) is 8.42 Å². The van der Waals surface area contributed by atoms with Crippen LogP contribution in [0, 0.1) is 0 Å². The maximum atomic E-state index is 13.0. The van der Waals surface area contributed by atoms with Gasteiger partial charge in [-0.15, -0.1) is 0 Å². The second-order valence-corrected chi connectivity index (χ2v) is 7.26. The molecule has 0 fully saturated rings. The Hall–Kier alpha value is -2.54. The Morgan fingerprint density at radius 3 is 2.67 bits per heavy atom. The van der Waals surface area contributed by atoms with E-state index in [1.165, 1.54) is 36.7 Å². The number of rotatable bonds is 4. The average Bonchev–Trinajstić information content (AvgIpc) is 3.05. The van der Waals surface area contributed by atoms with Gasteiger partial charge in [0.15, 0.2) is 0 Å². The minimum absolute atomic E-state index is 0.0682. The molecule has 0 saturated carbocycles. The van der Waals surface area contributed by atoms with Crippen LogP contribution >= 0.6 is 0 Å². The number of ether oxygens (including phenoxy) is 1. The first-order chi connectivity index (χ1) is 11.5. The molecule has 6 nitrogen and oxygen atoms in total. The van der Waals surface area contributed by atoms with Crippen LogP contribution in [0.25, 0.3) is 0 Å². The molecular weight excluding hydrogens is 328 g/mol. The van der Waals surface area contributed by atoms with Crippen LogP contribution in [0.4, 0.5) is 5.69 Å². The quantitative estimate of drug-likeness (QED) is 0.916. The predicted molar refractivity (Wildman–Crippen MR) is 91.1 cm³/mol. The zero-order valence-electron chi connectivity index (χ0n) is 13.4. The number of nitrogens with one attached hydrogen (secondary N) is 1. The standard InChI is InChI=1S/C17H18N2O4S/c1-18-17(20)14-11-13(7-8-16(14)23-2)24(21,22)19-10-9-12-5-3-4-6-15(12)19/h3-8,11H,9-10H2,1-2H3,(H,18,20). The summed E-state index contributed by atoms with van der Waals surface area (Å²) in [6, 6.07) is 11.7. The number of carbonyl (C=O) groups is 1. The third-order valence-electron chi connectivity index (χ3n) is 4.08. The molecule has 126 valence electrons. The lowest BCUT2D eigenvalue weighted by atomic mass is 10.2. The number of fused-ring (bicyclic) bond motifs is 1. The first-order valence-electron chi connectivity index (χ1n) is 7.50. The van der Waals surface area contributed by atoms with Crippen molar-refractivity contribution in [1.82, 2.24) is 5.32 Å². The normalized spacial score (nSPS) is 13.5. The predicted octanol–water partition coefficient (Wildman–Crippen LogP) is 1.81. The molecule has 1 heterocycles. The zero-order chi connectivity index (χ0) is 17.3. The number of benzene rings is 2. The number of hydrogen-bond donors (Lipinski definition) is 1. The van der Waals surface area contributed by atoms with E-state index in [0.29, 0.717) is 24.4 Å². The molecule has 0 bridgehead atoms. The van der Waals surface area contributed by atoms with Gasteiger partial charge in [-0.2, -0.15) is 0 Å². The molecule has 2 aromatic carbocycles. The van der Waals surface area contributed by atoms with Crippen molar-refractivity contribution in [3.63, 3.8) is 0 Å². The molecule has 1 aliphatic heterocycles. The van der Waals surface area contributed by atoms with E-state index in [1.807, 2.05) is 18.2 Å². The highest BCUT2D eigenvalue weighted by atomic mass is 32.2. The Morgan fingerprint density at radius 1 is 1.21 bits per heavy atom. The van der Waals surface area contributed by atoms with E-state index in [4.69, 9.17) is 4.74 Å². The van der Waals surface area contributed by atoms with E-state index in [9.17, 15) is 13.2 Å². The van der Waals surface area contributed by atoms with Gasteiger partial charge in [0, 0.05) is 13.6 Å². The molecule has 2 aromatic rings. The summed E-state index contributed by atoms with van der Waals surface area (Å²) in [5.74, 6) is -0.0687. The largest absolute Gasteiger partial charge is 0.496 e. The molecule has 3 rings (SSSR count). The summed E-state index contributed by atoms with van der Waals surface area (Å²) in [6.07, 6.45) is 0.674. The third kappa shape index (κ3) is 2.60. The molecule has 0 aromatic heterocycles. The number of amides is 1. The first kappa shape index (κ1) is 16.3. The fourth-order valence-electron chi connectivity index (χ4n) is 2.84. The van der Waals surface area contributed by atoms with Gasteiger partial charge in [-0.3, -0.25) is 9.10 Å². The number of hydrogen-bond acceptors (Lipinski definition) is 4. The van der Waals surface area contributed by atoms with E-state index in [2.05, 4.69) is 5.32 Å². The minimum atomic E-state index is -3.74. The fraction of sp³-hybridized carbons (Fsp3) is 0.235. The lowest BCUT2D eigenvalue weighted by molar-refractivity contribution is 0.0960. The molecule has 7 heteroatoms. The van der Waals surface area contributed by atoms with Crippen LogP contribution in [-0.2, 0) is 16.4 Å². The number of carbonyl (C=O) groups excluding carboxylic acids is 1. The van der Waals surface area contributed by atoms with E-state index in [0.717, 1.165) is 5.56 Å². The molecule has 0 aliphatic carbocycles. The molecule has 0 radical (unpaired) electrons. The maximum absolute atomic E-state index is 13.0. The van der Waals surface area contributed by atoms with Crippen molar-refractivity contribution in [2.45, 2.75) is 11.3 Å². The van der Waals surface area contributed by atoms with Gasteiger partial charge in [0.1, 0.15) is 5.75 Å². The fourth-order valence-corrected chi connectivity index (χ4v) is 4.37. The minimum Gasteiger partial charge on any atom is -0.496 e. The topological polar surface area (TPSA) is 75.7 Å². The Balaban J connectivity index is 2.07. The Labute approximate surface area is 141 Å². The summed E-state index contributed by atoms with van der Waals surface area (Å²) >= 11 is 0. The molecule has 1 amide bonds. The molecular formula is C17H18N2O4S. The lowest BCUT2D eigenvalue weighted by Gasteiger charge is -2.20. The van der Waals surface area contributed by atoms with Crippen LogP contribution in [0.5, 0.6) is 5.75 Å². The average molecular weight is 346 g/mol. The van der Waals surface area contributed by atoms with Crippen LogP contribution in [-0.4, -0.2) is 35.0 Å². The lowest BCUT2D eigenvalue weighted by Crippen LogP contribution is -2.29. The number of sulfonamides is 1. The molecule has 24 heavy (non-hydrogen) atoms. The highest BCUT2D eigenvalue weighted by Gasteiger charge is 2.31.